The quantitative estimate of drug-likeness (QED) is 0.383. The van der Waals surface area contributed by atoms with E-state index in [0.29, 0.717) is 5.56 Å². The van der Waals surface area contributed by atoms with Crippen molar-refractivity contribution >= 4 is 52.3 Å². The molecule has 0 saturated carbocycles. The van der Waals surface area contributed by atoms with Gasteiger partial charge in [-0.15, -0.1) is 0 Å². The number of halogens is 2. The average molecular weight is 492 g/mol. The molecule has 3 atom stereocenters. The molecule has 0 bridgehead atoms. The van der Waals surface area contributed by atoms with Crippen LogP contribution in [0.25, 0.3) is 0 Å². The number of hydrogen-bond acceptors (Lipinski definition) is 5. The van der Waals surface area contributed by atoms with Crippen molar-refractivity contribution in [1.82, 2.24) is 0 Å². The molecule has 168 valence electrons. The van der Waals surface area contributed by atoms with Gasteiger partial charge in [-0.2, -0.15) is 0 Å². The molecular formula is C26H15Cl2NO5. The Hall–Kier alpha value is -3.32. The first-order chi connectivity index (χ1) is 16.4. The third-order valence-corrected chi connectivity index (χ3v) is 7.35. The average Bonchev–Trinajstić information content (AvgIpc) is 3.41. The summed E-state index contributed by atoms with van der Waals surface area (Å²) in [5.41, 5.74) is -1.07. The molecule has 3 unspecified atom stereocenters. The summed E-state index contributed by atoms with van der Waals surface area (Å²) in [7, 11) is 0. The van der Waals surface area contributed by atoms with Crippen molar-refractivity contribution in [3.05, 3.63) is 99.5 Å². The van der Waals surface area contributed by atoms with E-state index in [1.807, 2.05) is 0 Å². The molecule has 1 aliphatic carbocycles. The molecule has 2 amide bonds. The molecule has 2 heterocycles. The van der Waals surface area contributed by atoms with Gasteiger partial charge in [-0.05, 0) is 23.8 Å². The van der Waals surface area contributed by atoms with Gasteiger partial charge < -0.3 is 4.74 Å². The topological polar surface area (TPSA) is 80.8 Å². The highest BCUT2D eigenvalue weighted by Crippen LogP contribution is 2.58. The van der Waals surface area contributed by atoms with Crippen molar-refractivity contribution in [2.75, 3.05) is 4.90 Å². The molecule has 0 N–H and O–H groups in total. The van der Waals surface area contributed by atoms with Crippen LogP contribution in [0.2, 0.25) is 10.0 Å². The fraction of sp³-hybridized carbons (Fsp3) is 0.154. The van der Waals surface area contributed by atoms with Gasteiger partial charge in [0.05, 0.1) is 28.6 Å². The Morgan fingerprint density at radius 1 is 0.765 bits per heavy atom. The van der Waals surface area contributed by atoms with Crippen molar-refractivity contribution in [3.8, 4) is 0 Å². The maximum Gasteiger partial charge on any atom is 0.241 e. The lowest BCUT2D eigenvalue weighted by Gasteiger charge is -2.27. The van der Waals surface area contributed by atoms with Gasteiger partial charge in [0.2, 0.25) is 29.0 Å². The first-order valence-corrected chi connectivity index (χ1v) is 11.4. The maximum absolute atomic E-state index is 13.9. The number of carbonyl (C=O) groups excluding carboxylic acids is 4. The molecule has 3 aromatic rings. The van der Waals surface area contributed by atoms with Crippen LogP contribution in [0.5, 0.6) is 0 Å². The number of fused-ring (bicyclic) bond motifs is 3. The van der Waals surface area contributed by atoms with Crippen LogP contribution < -0.4 is 4.90 Å². The third kappa shape index (κ3) is 2.61. The number of Topliss-reactive ketones (excluding diaryl/α,β-unsaturated/α-hetero) is 2. The van der Waals surface area contributed by atoms with E-state index in [-0.39, 0.29) is 26.9 Å². The summed E-state index contributed by atoms with van der Waals surface area (Å²) in [6.45, 7) is 0. The lowest BCUT2D eigenvalue weighted by Crippen LogP contribution is -2.51. The standard InChI is InChI=1S/C26H15Cl2NO5/c27-14-10-11-17(28)18(12-14)29-24(32)19-20(25(29)33)26(34-21(19)13-6-2-1-3-7-13)22(30)15-8-4-5-9-16(15)23(26)31/h1-12,19-21H. The fourth-order valence-corrected chi connectivity index (χ4v) is 5.72. The number of imide groups is 1. The minimum Gasteiger partial charge on any atom is -0.349 e. The van der Waals surface area contributed by atoms with E-state index in [1.165, 1.54) is 30.3 Å². The maximum atomic E-state index is 13.9. The lowest BCUT2D eigenvalue weighted by atomic mass is 9.77. The first-order valence-electron chi connectivity index (χ1n) is 10.6. The Morgan fingerprint density at radius 3 is 2.03 bits per heavy atom. The van der Waals surface area contributed by atoms with Crippen LogP contribution in [-0.4, -0.2) is 29.0 Å². The molecule has 2 fully saturated rings. The second-order valence-electron chi connectivity index (χ2n) is 8.50. The van der Waals surface area contributed by atoms with E-state index in [4.69, 9.17) is 27.9 Å². The number of nitrogens with zero attached hydrogens (tertiary/aromatic N) is 1. The van der Waals surface area contributed by atoms with Crippen LogP contribution >= 0.6 is 23.2 Å². The van der Waals surface area contributed by atoms with Crippen molar-refractivity contribution < 1.29 is 23.9 Å². The highest BCUT2D eigenvalue weighted by molar-refractivity contribution is 6.40. The summed E-state index contributed by atoms with van der Waals surface area (Å²) < 4.78 is 6.22. The highest BCUT2D eigenvalue weighted by Gasteiger charge is 2.74. The molecule has 3 aliphatic rings. The Balaban J connectivity index is 1.57. The minimum absolute atomic E-state index is 0.107. The molecule has 1 spiro atoms. The number of amides is 2. The Labute approximate surface area is 204 Å². The lowest BCUT2D eigenvalue weighted by molar-refractivity contribution is -0.127. The summed E-state index contributed by atoms with van der Waals surface area (Å²) in [5.74, 6) is -4.96. The number of anilines is 1. The van der Waals surface area contributed by atoms with Gasteiger partial charge in [-0.3, -0.25) is 19.2 Å². The molecule has 34 heavy (non-hydrogen) atoms. The van der Waals surface area contributed by atoms with Crippen LogP contribution in [0.15, 0.2) is 72.8 Å². The zero-order chi connectivity index (χ0) is 23.8. The van der Waals surface area contributed by atoms with Crippen molar-refractivity contribution in [1.29, 1.82) is 0 Å². The number of benzene rings is 3. The van der Waals surface area contributed by atoms with Gasteiger partial charge in [-0.25, -0.2) is 4.90 Å². The van der Waals surface area contributed by atoms with Gasteiger partial charge in [0.1, 0.15) is 0 Å². The number of ether oxygens (including phenoxy) is 1. The number of rotatable bonds is 2. The Bertz CT molecular complexity index is 1380. The van der Waals surface area contributed by atoms with Crippen LogP contribution in [0.1, 0.15) is 32.4 Å². The van der Waals surface area contributed by atoms with Gasteiger partial charge in [0.15, 0.2) is 0 Å². The van der Waals surface area contributed by atoms with Gasteiger partial charge in [0, 0.05) is 16.1 Å². The smallest absolute Gasteiger partial charge is 0.241 e. The van der Waals surface area contributed by atoms with Gasteiger partial charge in [0.25, 0.3) is 0 Å². The van der Waals surface area contributed by atoms with Crippen LogP contribution in [-0.2, 0) is 14.3 Å². The molecule has 2 aliphatic heterocycles. The van der Waals surface area contributed by atoms with Crippen LogP contribution in [0, 0.1) is 11.8 Å². The number of ketones is 2. The minimum atomic E-state index is -2.12. The molecule has 8 heteroatoms. The molecule has 2 saturated heterocycles. The summed E-state index contributed by atoms with van der Waals surface area (Å²) in [6, 6.07) is 19.6. The molecular weight excluding hydrogens is 477 g/mol. The van der Waals surface area contributed by atoms with Crippen LogP contribution in [0.4, 0.5) is 5.69 Å². The summed E-state index contributed by atoms with van der Waals surface area (Å²) in [6.07, 6.45) is -0.979. The van der Waals surface area contributed by atoms with E-state index in [2.05, 4.69) is 0 Å². The normalized spacial score (nSPS) is 24.8. The summed E-state index contributed by atoms with van der Waals surface area (Å²) in [4.78, 5) is 56.0. The second kappa shape index (κ2) is 7.34. The van der Waals surface area contributed by atoms with Gasteiger partial charge in [-0.1, -0.05) is 77.8 Å². The number of carbonyl (C=O) groups is 4. The third-order valence-electron chi connectivity index (χ3n) is 6.80. The van der Waals surface area contributed by atoms with Crippen molar-refractivity contribution in [2.45, 2.75) is 11.7 Å². The second-order valence-corrected chi connectivity index (χ2v) is 9.34. The monoisotopic (exact) mass is 491 g/mol. The van der Waals surface area contributed by atoms with Crippen molar-refractivity contribution in [3.63, 3.8) is 0 Å². The predicted molar refractivity (Wildman–Crippen MR) is 124 cm³/mol. The molecule has 3 aromatic carbocycles. The SMILES string of the molecule is O=C1C2C(c3ccccc3)OC3(C(=O)c4ccccc4C3=O)C2C(=O)N1c1cc(Cl)ccc1Cl. The Kier molecular flexibility index (Phi) is 4.58. The zero-order valence-corrected chi connectivity index (χ0v) is 18.9. The van der Waals surface area contributed by atoms with E-state index < -0.39 is 46.9 Å². The largest absolute Gasteiger partial charge is 0.349 e. The summed E-state index contributed by atoms with van der Waals surface area (Å²) >= 11 is 12.5. The van der Waals surface area contributed by atoms with E-state index in [0.717, 1.165) is 4.90 Å². The predicted octanol–water partition coefficient (Wildman–Crippen LogP) is 4.69. The van der Waals surface area contributed by atoms with Crippen LogP contribution in [0.3, 0.4) is 0 Å². The molecule has 0 radical (unpaired) electrons. The van der Waals surface area contributed by atoms with E-state index in [1.54, 1.807) is 42.5 Å². The first kappa shape index (κ1) is 21.2. The van der Waals surface area contributed by atoms with E-state index >= 15 is 0 Å². The zero-order valence-electron chi connectivity index (χ0n) is 17.4. The van der Waals surface area contributed by atoms with E-state index in [9.17, 15) is 19.2 Å². The van der Waals surface area contributed by atoms with Crippen molar-refractivity contribution in [2.24, 2.45) is 11.8 Å². The highest BCUT2D eigenvalue weighted by atomic mass is 35.5. The number of hydrogen-bond donors (Lipinski definition) is 0. The molecule has 6 rings (SSSR count). The fourth-order valence-electron chi connectivity index (χ4n) is 5.36. The summed E-state index contributed by atoms with van der Waals surface area (Å²) in [5, 5.41) is 0.424. The van der Waals surface area contributed by atoms with Gasteiger partial charge >= 0.3 is 0 Å². The molecule has 6 nitrogen and oxygen atoms in total. The molecule has 0 aromatic heterocycles. The Morgan fingerprint density at radius 2 is 1.38 bits per heavy atom.